The monoisotopic (exact) mass is 384 g/mol. The van der Waals surface area contributed by atoms with Gasteiger partial charge in [0.15, 0.2) is 17.1 Å². The summed E-state index contributed by atoms with van der Waals surface area (Å²) in [4.78, 5) is 13.8. The Bertz CT molecular complexity index is 1320. The summed E-state index contributed by atoms with van der Waals surface area (Å²) in [6.45, 7) is 4.19. The molecule has 0 radical (unpaired) electrons. The third kappa shape index (κ3) is 2.82. The Hall–Kier alpha value is -3.74. The quantitative estimate of drug-likeness (QED) is 0.473. The number of aryl methyl sites for hydroxylation is 1. The molecule has 0 atom stereocenters. The minimum Gasteiger partial charge on any atom is -0.497 e. The average molecular weight is 384 g/mol. The summed E-state index contributed by atoms with van der Waals surface area (Å²) in [6.07, 6.45) is 5.99. The van der Waals surface area contributed by atoms with Crippen LogP contribution in [0.2, 0.25) is 0 Å². The molecule has 4 aromatic heterocycles. The molecule has 0 fully saturated rings. The second-order valence-corrected chi connectivity index (χ2v) is 7.02. The van der Waals surface area contributed by atoms with Crippen molar-refractivity contribution in [3.05, 3.63) is 77.8 Å². The van der Waals surface area contributed by atoms with E-state index in [2.05, 4.69) is 33.5 Å². The van der Waals surface area contributed by atoms with E-state index in [9.17, 15) is 0 Å². The smallest absolute Gasteiger partial charge is 0.168 e. The van der Waals surface area contributed by atoms with E-state index < -0.39 is 0 Å². The topological polar surface area (TPSA) is 70.1 Å². The summed E-state index contributed by atoms with van der Waals surface area (Å²) >= 11 is 0. The minimum atomic E-state index is 0.647. The molecular formula is C22H20N6O. The van der Waals surface area contributed by atoms with Crippen LogP contribution in [-0.2, 0) is 6.42 Å². The normalized spacial score (nSPS) is 11.4. The molecule has 7 heteroatoms. The number of hydrogen-bond acceptors (Lipinski definition) is 5. The summed E-state index contributed by atoms with van der Waals surface area (Å²) in [5, 5.41) is 5.66. The Morgan fingerprint density at radius 2 is 1.86 bits per heavy atom. The van der Waals surface area contributed by atoms with E-state index in [1.165, 1.54) is 0 Å². The van der Waals surface area contributed by atoms with Gasteiger partial charge in [0.1, 0.15) is 12.1 Å². The highest BCUT2D eigenvalue weighted by atomic mass is 16.5. The van der Waals surface area contributed by atoms with Crippen molar-refractivity contribution in [1.29, 1.82) is 0 Å². The highest BCUT2D eigenvalue weighted by Gasteiger charge is 2.19. The molecule has 4 heterocycles. The van der Waals surface area contributed by atoms with Crippen LogP contribution in [-0.4, -0.2) is 36.2 Å². The molecule has 0 aliphatic rings. The average Bonchev–Trinajstić information content (AvgIpc) is 3.27. The van der Waals surface area contributed by atoms with Gasteiger partial charge >= 0.3 is 0 Å². The van der Waals surface area contributed by atoms with Crippen molar-refractivity contribution in [1.82, 2.24) is 29.1 Å². The largest absolute Gasteiger partial charge is 0.497 e. The number of benzene rings is 1. The third-order valence-electron chi connectivity index (χ3n) is 5.30. The van der Waals surface area contributed by atoms with E-state index in [0.29, 0.717) is 6.42 Å². The van der Waals surface area contributed by atoms with Crippen LogP contribution < -0.4 is 4.74 Å². The van der Waals surface area contributed by atoms with Crippen molar-refractivity contribution < 1.29 is 4.74 Å². The van der Waals surface area contributed by atoms with Crippen molar-refractivity contribution in [3.8, 4) is 11.4 Å². The van der Waals surface area contributed by atoms with Crippen molar-refractivity contribution in [3.63, 3.8) is 0 Å². The van der Waals surface area contributed by atoms with E-state index in [-0.39, 0.29) is 0 Å². The zero-order valence-electron chi connectivity index (χ0n) is 16.5. The Morgan fingerprint density at radius 3 is 2.59 bits per heavy atom. The van der Waals surface area contributed by atoms with Gasteiger partial charge in [0.05, 0.1) is 24.4 Å². The third-order valence-corrected chi connectivity index (χ3v) is 5.30. The highest BCUT2D eigenvalue weighted by molar-refractivity contribution is 5.94. The Labute approximate surface area is 167 Å². The molecule has 0 saturated carbocycles. The number of aromatic nitrogens is 6. The number of pyridine rings is 1. The van der Waals surface area contributed by atoms with Crippen LogP contribution in [0.5, 0.6) is 5.75 Å². The predicted molar refractivity (Wildman–Crippen MR) is 111 cm³/mol. The van der Waals surface area contributed by atoms with Crippen LogP contribution in [0, 0.1) is 13.8 Å². The molecule has 0 N–H and O–H groups in total. The molecule has 0 saturated heterocycles. The molecule has 0 unspecified atom stereocenters. The van der Waals surface area contributed by atoms with Crippen molar-refractivity contribution in [2.45, 2.75) is 20.3 Å². The molecule has 5 aromatic rings. The van der Waals surface area contributed by atoms with Crippen LogP contribution in [0.1, 0.15) is 22.6 Å². The minimum absolute atomic E-state index is 0.647. The lowest BCUT2D eigenvalue weighted by Gasteiger charge is -2.06. The SMILES string of the molecule is COc1ccc(Cc2nc3c4c(C)c(C)n(-c5cccnc5)c4ncn3n2)cc1. The molecular weight excluding hydrogens is 364 g/mol. The van der Waals surface area contributed by atoms with Gasteiger partial charge in [-0.15, -0.1) is 5.10 Å². The van der Waals surface area contributed by atoms with E-state index >= 15 is 0 Å². The molecule has 29 heavy (non-hydrogen) atoms. The van der Waals surface area contributed by atoms with Crippen molar-refractivity contribution >= 4 is 16.7 Å². The number of methoxy groups -OCH3 is 1. The molecule has 1 aromatic carbocycles. The molecule has 5 rings (SSSR count). The summed E-state index contributed by atoms with van der Waals surface area (Å²) in [6, 6.07) is 11.9. The van der Waals surface area contributed by atoms with Crippen LogP contribution in [0.15, 0.2) is 55.1 Å². The van der Waals surface area contributed by atoms with Gasteiger partial charge in [-0.1, -0.05) is 12.1 Å². The lowest BCUT2D eigenvalue weighted by molar-refractivity contribution is 0.414. The fourth-order valence-corrected chi connectivity index (χ4v) is 3.71. The van der Waals surface area contributed by atoms with Gasteiger partial charge in [-0.05, 0) is 49.2 Å². The second-order valence-electron chi connectivity index (χ2n) is 7.02. The fourth-order valence-electron chi connectivity index (χ4n) is 3.71. The molecule has 144 valence electrons. The lowest BCUT2D eigenvalue weighted by Crippen LogP contribution is -1.99. The van der Waals surface area contributed by atoms with Gasteiger partial charge in [0.25, 0.3) is 0 Å². The summed E-state index contributed by atoms with van der Waals surface area (Å²) < 4.78 is 9.11. The summed E-state index contributed by atoms with van der Waals surface area (Å²) in [5.74, 6) is 1.60. The molecule has 7 nitrogen and oxygen atoms in total. The first kappa shape index (κ1) is 17.4. The van der Waals surface area contributed by atoms with Crippen LogP contribution in [0.4, 0.5) is 0 Å². The van der Waals surface area contributed by atoms with E-state index in [1.807, 2.05) is 42.6 Å². The number of rotatable bonds is 4. The molecule has 0 aliphatic carbocycles. The number of hydrogen-bond donors (Lipinski definition) is 0. The Morgan fingerprint density at radius 1 is 1.03 bits per heavy atom. The van der Waals surface area contributed by atoms with E-state index in [1.54, 1.807) is 24.1 Å². The summed E-state index contributed by atoms with van der Waals surface area (Å²) in [7, 11) is 1.67. The van der Waals surface area contributed by atoms with E-state index in [4.69, 9.17) is 9.72 Å². The van der Waals surface area contributed by atoms with Gasteiger partial charge in [-0.2, -0.15) is 0 Å². The van der Waals surface area contributed by atoms with Gasteiger partial charge in [0.2, 0.25) is 0 Å². The molecule has 0 aliphatic heterocycles. The Balaban J connectivity index is 1.63. The zero-order chi connectivity index (χ0) is 20.0. The second kappa shape index (κ2) is 6.70. The van der Waals surface area contributed by atoms with Gasteiger partial charge in [-0.3, -0.25) is 9.55 Å². The first-order valence-corrected chi connectivity index (χ1v) is 9.41. The van der Waals surface area contributed by atoms with Crippen molar-refractivity contribution in [2.24, 2.45) is 0 Å². The first-order valence-electron chi connectivity index (χ1n) is 9.41. The first-order chi connectivity index (χ1) is 14.2. The van der Waals surface area contributed by atoms with Crippen LogP contribution in [0.3, 0.4) is 0 Å². The van der Waals surface area contributed by atoms with Crippen molar-refractivity contribution in [2.75, 3.05) is 7.11 Å². The highest BCUT2D eigenvalue weighted by Crippen LogP contribution is 2.29. The Kier molecular flexibility index (Phi) is 4.01. The zero-order valence-corrected chi connectivity index (χ0v) is 16.5. The number of fused-ring (bicyclic) bond motifs is 3. The molecule has 0 bridgehead atoms. The number of ether oxygens (including phenoxy) is 1. The maximum atomic E-state index is 5.23. The predicted octanol–water partition coefficient (Wildman–Crippen LogP) is 3.68. The maximum Gasteiger partial charge on any atom is 0.168 e. The molecule has 0 spiro atoms. The van der Waals surface area contributed by atoms with Gasteiger partial charge in [0, 0.05) is 18.3 Å². The molecule has 0 amide bonds. The fraction of sp³-hybridized carbons (Fsp3) is 0.182. The van der Waals surface area contributed by atoms with Gasteiger partial charge < -0.3 is 4.74 Å². The standard InChI is InChI=1S/C22H20N6O/c1-14-15(2)28(17-5-4-10-23-12-17)21-20(14)22-25-19(26-27(22)13-24-21)11-16-6-8-18(29-3)9-7-16/h4-10,12-13H,11H2,1-3H3. The van der Waals surface area contributed by atoms with Crippen LogP contribution in [0.25, 0.3) is 22.4 Å². The lowest BCUT2D eigenvalue weighted by atomic mass is 10.1. The maximum absolute atomic E-state index is 5.23. The summed E-state index contributed by atoms with van der Waals surface area (Å²) in [5.41, 5.74) is 6.06. The van der Waals surface area contributed by atoms with Gasteiger partial charge in [-0.25, -0.2) is 14.5 Å². The van der Waals surface area contributed by atoms with Crippen LogP contribution >= 0.6 is 0 Å². The number of nitrogens with zero attached hydrogens (tertiary/aromatic N) is 6. The van der Waals surface area contributed by atoms with E-state index in [0.717, 1.165) is 50.8 Å².